The average molecular weight is 249 g/mol. The number of ether oxygens (including phenoxy) is 1. The first-order valence-corrected chi connectivity index (χ1v) is 6.72. The van der Waals surface area contributed by atoms with Crippen LogP contribution in [0.25, 0.3) is 0 Å². The lowest BCUT2D eigenvalue weighted by molar-refractivity contribution is 0.193. The molecule has 2 atom stereocenters. The quantitative estimate of drug-likeness (QED) is 0.866. The molecule has 1 N–H and O–H groups in total. The van der Waals surface area contributed by atoms with E-state index in [1.165, 1.54) is 0 Å². The van der Waals surface area contributed by atoms with Crippen LogP contribution in [0.3, 0.4) is 0 Å². The largest absolute Gasteiger partial charge is 0.379 e. The molecule has 0 spiro atoms. The number of likely N-dealkylation sites (N-methyl/N-ethyl adjacent to an activating group) is 1. The van der Waals surface area contributed by atoms with Crippen molar-refractivity contribution in [1.29, 1.82) is 0 Å². The van der Waals surface area contributed by atoms with Crippen LogP contribution in [0.4, 0.5) is 5.69 Å². The number of hydrogen-bond donors (Lipinski definition) is 1. The predicted octanol–water partition coefficient (Wildman–Crippen LogP) is 1.98. The molecule has 0 radical (unpaired) electrons. The van der Waals surface area contributed by atoms with Gasteiger partial charge in [0.2, 0.25) is 0 Å². The highest BCUT2D eigenvalue weighted by Crippen LogP contribution is 2.20. The zero-order valence-electron chi connectivity index (χ0n) is 11.5. The molecule has 0 aromatic carbocycles. The van der Waals surface area contributed by atoms with Gasteiger partial charge in [-0.25, -0.2) is 0 Å². The lowest BCUT2D eigenvalue weighted by atomic mass is 10.2. The summed E-state index contributed by atoms with van der Waals surface area (Å²) < 4.78 is 5.42. The molecule has 2 unspecified atom stereocenters. The van der Waals surface area contributed by atoms with Crippen molar-refractivity contribution in [3.63, 3.8) is 0 Å². The summed E-state index contributed by atoms with van der Waals surface area (Å²) in [5, 5.41) is 3.37. The van der Waals surface area contributed by atoms with Gasteiger partial charge in [-0.05, 0) is 32.0 Å². The van der Waals surface area contributed by atoms with E-state index in [2.05, 4.69) is 48.2 Å². The van der Waals surface area contributed by atoms with Crippen molar-refractivity contribution < 1.29 is 4.74 Å². The minimum atomic E-state index is 0.309. The first kappa shape index (κ1) is 13.3. The highest BCUT2D eigenvalue weighted by molar-refractivity contribution is 5.45. The molecule has 1 aromatic rings. The third-order valence-electron chi connectivity index (χ3n) is 3.59. The number of pyridine rings is 1. The Bertz CT molecular complexity index is 360. The van der Waals surface area contributed by atoms with Gasteiger partial charge in [-0.1, -0.05) is 6.92 Å². The summed E-state index contributed by atoms with van der Waals surface area (Å²) in [7, 11) is 2.11. The molecule has 0 aliphatic carbocycles. The van der Waals surface area contributed by atoms with Crippen LogP contribution in [-0.4, -0.2) is 37.8 Å². The van der Waals surface area contributed by atoms with Crippen LogP contribution in [0.1, 0.15) is 32.0 Å². The minimum Gasteiger partial charge on any atom is -0.379 e. The Morgan fingerprint density at radius 3 is 2.94 bits per heavy atom. The fraction of sp³-hybridized carbons (Fsp3) is 0.643. The summed E-state index contributed by atoms with van der Waals surface area (Å²) in [4.78, 5) is 6.81. The molecule has 4 nitrogen and oxygen atoms in total. The molecule has 0 bridgehead atoms. The average Bonchev–Trinajstić information content (AvgIpc) is 2.92. The maximum atomic E-state index is 5.42. The highest BCUT2D eigenvalue weighted by Gasteiger charge is 2.20. The van der Waals surface area contributed by atoms with E-state index in [9.17, 15) is 0 Å². The second-order valence-corrected chi connectivity index (χ2v) is 4.85. The van der Waals surface area contributed by atoms with Gasteiger partial charge >= 0.3 is 0 Å². The zero-order chi connectivity index (χ0) is 13.0. The molecule has 1 aromatic heterocycles. The predicted molar refractivity (Wildman–Crippen MR) is 74.0 cm³/mol. The molecule has 1 saturated heterocycles. The molecule has 1 aliphatic rings. The van der Waals surface area contributed by atoms with Gasteiger partial charge in [-0.3, -0.25) is 4.98 Å². The summed E-state index contributed by atoms with van der Waals surface area (Å²) >= 11 is 0. The van der Waals surface area contributed by atoms with Crippen LogP contribution >= 0.6 is 0 Å². The van der Waals surface area contributed by atoms with Gasteiger partial charge in [-0.2, -0.15) is 0 Å². The van der Waals surface area contributed by atoms with E-state index in [0.29, 0.717) is 12.1 Å². The Kier molecular flexibility index (Phi) is 4.55. The van der Waals surface area contributed by atoms with E-state index in [4.69, 9.17) is 4.74 Å². The van der Waals surface area contributed by atoms with Crippen molar-refractivity contribution in [2.24, 2.45) is 0 Å². The lowest BCUT2D eigenvalue weighted by Crippen LogP contribution is -2.31. The van der Waals surface area contributed by atoms with Crippen molar-refractivity contribution in [2.75, 3.05) is 31.7 Å². The summed E-state index contributed by atoms with van der Waals surface area (Å²) in [5.41, 5.74) is 2.26. The second kappa shape index (κ2) is 6.16. The molecule has 18 heavy (non-hydrogen) atoms. The van der Waals surface area contributed by atoms with Gasteiger partial charge in [0.05, 0.1) is 30.2 Å². The number of nitrogens with zero attached hydrogens (tertiary/aromatic N) is 2. The van der Waals surface area contributed by atoms with E-state index in [1.54, 1.807) is 0 Å². The van der Waals surface area contributed by atoms with Crippen LogP contribution < -0.4 is 10.2 Å². The molecule has 4 heteroatoms. The number of aromatic nitrogens is 1. The maximum Gasteiger partial charge on any atom is 0.0670 e. The van der Waals surface area contributed by atoms with E-state index in [-0.39, 0.29) is 0 Å². The number of hydrogen-bond acceptors (Lipinski definition) is 4. The Labute approximate surface area is 109 Å². The SMILES string of the molecule is CCNC(C)c1ccc(N(C)C2CCOC2)cn1. The third-order valence-corrected chi connectivity index (χ3v) is 3.59. The first-order valence-electron chi connectivity index (χ1n) is 6.72. The summed E-state index contributed by atoms with van der Waals surface area (Å²) in [6.45, 7) is 6.91. The third kappa shape index (κ3) is 3.00. The fourth-order valence-electron chi connectivity index (χ4n) is 2.31. The maximum absolute atomic E-state index is 5.42. The van der Waals surface area contributed by atoms with Crippen LogP contribution in [0.15, 0.2) is 18.3 Å². The molecule has 1 fully saturated rings. The number of anilines is 1. The summed E-state index contributed by atoms with van der Waals surface area (Å²) in [6, 6.07) is 5.05. The van der Waals surface area contributed by atoms with Gasteiger partial charge < -0.3 is 15.0 Å². The van der Waals surface area contributed by atoms with Crippen LogP contribution in [0.2, 0.25) is 0 Å². The van der Waals surface area contributed by atoms with Crippen molar-refractivity contribution >= 4 is 5.69 Å². The molecule has 1 aliphatic heterocycles. The minimum absolute atomic E-state index is 0.309. The molecule has 2 heterocycles. The van der Waals surface area contributed by atoms with Crippen LogP contribution in [0, 0.1) is 0 Å². The van der Waals surface area contributed by atoms with Gasteiger partial charge in [0.15, 0.2) is 0 Å². The Morgan fingerprint density at radius 2 is 2.39 bits per heavy atom. The van der Waals surface area contributed by atoms with E-state index >= 15 is 0 Å². The normalized spacial score (nSPS) is 20.9. The van der Waals surface area contributed by atoms with Gasteiger partial charge in [0.1, 0.15) is 0 Å². The Hall–Kier alpha value is -1.13. The molecular formula is C14H23N3O. The van der Waals surface area contributed by atoms with Crippen LogP contribution in [-0.2, 0) is 4.74 Å². The number of nitrogens with one attached hydrogen (secondary N) is 1. The fourth-order valence-corrected chi connectivity index (χ4v) is 2.31. The first-order chi connectivity index (χ1) is 8.72. The van der Waals surface area contributed by atoms with Crippen LogP contribution in [0.5, 0.6) is 0 Å². The van der Waals surface area contributed by atoms with Crippen molar-refractivity contribution in [2.45, 2.75) is 32.4 Å². The summed E-state index contributed by atoms with van der Waals surface area (Å²) in [5.74, 6) is 0. The highest BCUT2D eigenvalue weighted by atomic mass is 16.5. The van der Waals surface area contributed by atoms with Gasteiger partial charge in [0, 0.05) is 19.7 Å². The smallest absolute Gasteiger partial charge is 0.0670 e. The Balaban J connectivity index is 2.02. The van der Waals surface area contributed by atoms with Crippen molar-refractivity contribution in [3.05, 3.63) is 24.0 Å². The van der Waals surface area contributed by atoms with E-state index in [1.807, 2.05) is 6.20 Å². The zero-order valence-corrected chi connectivity index (χ0v) is 11.5. The molecule has 100 valence electrons. The van der Waals surface area contributed by atoms with Gasteiger partial charge in [0.25, 0.3) is 0 Å². The standard InChI is InChI=1S/C14H23N3O/c1-4-15-11(2)14-6-5-12(9-16-14)17(3)13-7-8-18-10-13/h5-6,9,11,13,15H,4,7-8,10H2,1-3H3. The molecule has 2 rings (SSSR count). The van der Waals surface area contributed by atoms with E-state index in [0.717, 1.165) is 37.6 Å². The van der Waals surface area contributed by atoms with E-state index < -0.39 is 0 Å². The molecule has 0 amide bonds. The van der Waals surface area contributed by atoms with Gasteiger partial charge in [-0.15, -0.1) is 0 Å². The topological polar surface area (TPSA) is 37.4 Å². The van der Waals surface area contributed by atoms with Crippen molar-refractivity contribution in [1.82, 2.24) is 10.3 Å². The Morgan fingerprint density at radius 1 is 1.56 bits per heavy atom. The monoisotopic (exact) mass is 249 g/mol. The molecular weight excluding hydrogens is 226 g/mol. The second-order valence-electron chi connectivity index (χ2n) is 4.85. The number of rotatable bonds is 5. The summed E-state index contributed by atoms with van der Waals surface area (Å²) in [6.07, 6.45) is 3.06. The molecule has 0 saturated carbocycles. The van der Waals surface area contributed by atoms with Crippen molar-refractivity contribution in [3.8, 4) is 0 Å². The lowest BCUT2D eigenvalue weighted by Gasteiger charge is -2.25.